The molecular weight excluding hydrogens is 252 g/mol. The van der Waals surface area contributed by atoms with E-state index in [0.717, 1.165) is 29.9 Å². The van der Waals surface area contributed by atoms with Crippen molar-refractivity contribution in [3.8, 4) is 0 Å². The molecule has 0 bridgehead atoms. The lowest BCUT2D eigenvalue weighted by atomic mass is 10.1. The van der Waals surface area contributed by atoms with E-state index in [1.54, 1.807) is 0 Å². The first-order valence-electron chi connectivity index (χ1n) is 6.75. The molecule has 0 saturated heterocycles. The highest BCUT2D eigenvalue weighted by atomic mass is 32.2. The summed E-state index contributed by atoms with van der Waals surface area (Å²) in [5, 5.41) is 0. The fraction of sp³-hybridized carbons (Fsp3) is 0.294. The monoisotopic (exact) mass is 272 g/mol. The van der Waals surface area contributed by atoms with Gasteiger partial charge >= 0.3 is 0 Å². The van der Waals surface area contributed by atoms with E-state index < -0.39 is 10.8 Å². The molecule has 2 aromatic carbocycles. The Morgan fingerprint density at radius 1 is 0.895 bits per heavy atom. The first kappa shape index (κ1) is 14.0. The summed E-state index contributed by atoms with van der Waals surface area (Å²) in [6.07, 6.45) is 3.18. The average Bonchev–Trinajstić information content (AvgIpc) is 2.45. The Morgan fingerprint density at radius 3 is 2.26 bits per heavy atom. The van der Waals surface area contributed by atoms with Crippen molar-refractivity contribution in [2.24, 2.45) is 0 Å². The first-order chi connectivity index (χ1) is 9.25. The van der Waals surface area contributed by atoms with Gasteiger partial charge in [0.15, 0.2) is 0 Å². The average molecular weight is 272 g/mol. The van der Waals surface area contributed by atoms with E-state index >= 15 is 0 Å². The van der Waals surface area contributed by atoms with Crippen molar-refractivity contribution in [1.82, 2.24) is 0 Å². The summed E-state index contributed by atoms with van der Waals surface area (Å²) in [6.45, 7) is 2.05. The minimum Gasteiger partial charge on any atom is -0.254 e. The van der Waals surface area contributed by atoms with Gasteiger partial charge in [-0.25, -0.2) is 0 Å². The molecule has 100 valence electrons. The van der Waals surface area contributed by atoms with E-state index in [1.807, 2.05) is 37.3 Å². The Bertz CT molecular complexity index is 517. The maximum atomic E-state index is 12.1. The Morgan fingerprint density at radius 2 is 1.58 bits per heavy atom. The molecule has 0 aliphatic carbocycles. The SMILES string of the molecule is Cc1ccc(S(=O)CCCCc2ccccc2)cc1. The van der Waals surface area contributed by atoms with Gasteiger partial charge in [0.1, 0.15) is 0 Å². The van der Waals surface area contributed by atoms with Crippen LogP contribution in [0.15, 0.2) is 59.5 Å². The van der Waals surface area contributed by atoms with Crippen molar-refractivity contribution in [2.75, 3.05) is 5.75 Å². The quantitative estimate of drug-likeness (QED) is 0.723. The number of benzene rings is 2. The second-order valence-corrected chi connectivity index (χ2v) is 6.38. The van der Waals surface area contributed by atoms with E-state index in [9.17, 15) is 4.21 Å². The third kappa shape index (κ3) is 4.64. The summed E-state index contributed by atoms with van der Waals surface area (Å²) in [6, 6.07) is 18.5. The molecule has 0 aromatic heterocycles. The number of hydrogen-bond acceptors (Lipinski definition) is 1. The van der Waals surface area contributed by atoms with Gasteiger partial charge in [-0.05, 0) is 43.9 Å². The number of rotatable bonds is 6. The van der Waals surface area contributed by atoms with Gasteiger partial charge in [0.25, 0.3) is 0 Å². The molecule has 2 aromatic rings. The van der Waals surface area contributed by atoms with Crippen LogP contribution in [-0.4, -0.2) is 9.96 Å². The van der Waals surface area contributed by atoms with Crippen molar-refractivity contribution in [1.29, 1.82) is 0 Å². The van der Waals surface area contributed by atoms with Gasteiger partial charge in [0, 0.05) is 10.6 Å². The van der Waals surface area contributed by atoms with E-state index in [2.05, 4.69) is 24.3 Å². The van der Waals surface area contributed by atoms with Crippen LogP contribution in [-0.2, 0) is 17.2 Å². The van der Waals surface area contributed by atoms with E-state index in [1.165, 1.54) is 11.1 Å². The first-order valence-corrected chi connectivity index (χ1v) is 8.06. The maximum Gasteiger partial charge on any atom is 0.0529 e. The molecular formula is C17H20OS. The highest BCUT2D eigenvalue weighted by molar-refractivity contribution is 7.85. The zero-order chi connectivity index (χ0) is 13.5. The van der Waals surface area contributed by atoms with Gasteiger partial charge in [-0.1, -0.05) is 48.0 Å². The fourth-order valence-electron chi connectivity index (χ4n) is 2.01. The van der Waals surface area contributed by atoms with Crippen LogP contribution in [0.3, 0.4) is 0 Å². The molecule has 0 spiro atoms. The summed E-state index contributed by atoms with van der Waals surface area (Å²) in [4.78, 5) is 0.949. The van der Waals surface area contributed by atoms with Crippen LogP contribution in [0.5, 0.6) is 0 Å². The largest absolute Gasteiger partial charge is 0.254 e. The van der Waals surface area contributed by atoms with Gasteiger partial charge in [-0.2, -0.15) is 0 Å². The van der Waals surface area contributed by atoms with Crippen LogP contribution in [0.1, 0.15) is 24.0 Å². The van der Waals surface area contributed by atoms with Crippen LogP contribution < -0.4 is 0 Å². The second kappa shape index (κ2) is 7.25. The number of hydrogen-bond donors (Lipinski definition) is 0. The molecule has 0 saturated carbocycles. The fourth-order valence-corrected chi connectivity index (χ4v) is 3.16. The lowest BCUT2D eigenvalue weighted by Gasteiger charge is -2.03. The molecule has 19 heavy (non-hydrogen) atoms. The van der Waals surface area contributed by atoms with Crippen molar-refractivity contribution >= 4 is 10.8 Å². The Kier molecular flexibility index (Phi) is 5.34. The molecule has 0 aliphatic rings. The van der Waals surface area contributed by atoms with E-state index in [-0.39, 0.29) is 0 Å². The minimum absolute atomic E-state index is 0.760. The zero-order valence-electron chi connectivity index (χ0n) is 11.3. The standard InChI is InChI=1S/C17H20OS/c1-15-10-12-17(13-11-15)19(18)14-6-5-9-16-7-3-2-4-8-16/h2-4,7-8,10-13H,5-6,9,14H2,1H3. The second-order valence-electron chi connectivity index (χ2n) is 4.81. The van der Waals surface area contributed by atoms with Crippen molar-refractivity contribution in [3.63, 3.8) is 0 Å². The van der Waals surface area contributed by atoms with E-state index in [4.69, 9.17) is 0 Å². The highest BCUT2D eigenvalue weighted by Gasteiger charge is 2.03. The molecule has 1 nitrogen and oxygen atoms in total. The zero-order valence-corrected chi connectivity index (χ0v) is 12.2. The van der Waals surface area contributed by atoms with Gasteiger partial charge in [0.2, 0.25) is 0 Å². The molecule has 0 N–H and O–H groups in total. The normalized spacial score (nSPS) is 12.3. The maximum absolute atomic E-state index is 12.1. The van der Waals surface area contributed by atoms with Crippen LogP contribution in [0.25, 0.3) is 0 Å². The molecule has 0 radical (unpaired) electrons. The molecule has 2 rings (SSSR count). The van der Waals surface area contributed by atoms with Crippen molar-refractivity contribution < 1.29 is 4.21 Å². The molecule has 1 unspecified atom stereocenters. The van der Waals surface area contributed by atoms with Crippen molar-refractivity contribution in [2.45, 2.75) is 31.1 Å². The lowest BCUT2D eigenvalue weighted by Crippen LogP contribution is -1.99. The third-order valence-electron chi connectivity index (χ3n) is 3.17. The Hall–Kier alpha value is -1.41. The third-order valence-corrected chi connectivity index (χ3v) is 4.63. The molecule has 0 fully saturated rings. The van der Waals surface area contributed by atoms with Gasteiger partial charge in [-0.15, -0.1) is 0 Å². The van der Waals surface area contributed by atoms with Crippen LogP contribution >= 0.6 is 0 Å². The Balaban J connectivity index is 1.74. The smallest absolute Gasteiger partial charge is 0.0529 e. The number of aryl methyl sites for hydroxylation is 2. The van der Waals surface area contributed by atoms with Gasteiger partial charge < -0.3 is 0 Å². The van der Waals surface area contributed by atoms with Gasteiger partial charge in [0.05, 0.1) is 10.8 Å². The minimum atomic E-state index is -0.850. The predicted molar refractivity (Wildman–Crippen MR) is 81.8 cm³/mol. The van der Waals surface area contributed by atoms with Crippen LogP contribution in [0.2, 0.25) is 0 Å². The molecule has 0 aliphatic heterocycles. The summed E-state index contributed by atoms with van der Waals surface area (Å²) in [7, 11) is -0.850. The Labute approximate surface area is 118 Å². The van der Waals surface area contributed by atoms with Crippen LogP contribution in [0, 0.1) is 6.92 Å². The topological polar surface area (TPSA) is 17.1 Å². The molecule has 0 heterocycles. The van der Waals surface area contributed by atoms with E-state index in [0.29, 0.717) is 0 Å². The summed E-state index contributed by atoms with van der Waals surface area (Å²) in [5.74, 6) is 0.760. The van der Waals surface area contributed by atoms with Crippen LogP contribution in [0.4, 0.5) is 0 Å². The van der Waals surface area contributed by atoms with Crippen molar-refractivity contribution in [3.05, 3.63) is 65.7 Å². The molecule has 2 heteroatoms. The lowest BCUT2D eigenvalue weighted by molar-refractivity contribution is 0.677. The summed E-state index contributed by atoms with van der Waals surface area (Å²) >= 11 is 0. The molecule has 0 amide bonds. The number of unbranched alkanes of at least 4 members (excludes halogenated alkanes) is 1. The summed E-state index contributed by atoms with van der Waals surface area (Å²) < 4.78 is 12.1. The van der Waals surface area contributed by atoms with Gasteiger partial charge in [-0.3, -0.25) is 4.21 Å². The highest BCUT2D eigenvalue weighted by Crippen LogP contribution is 2.11. The molecule has 1 atom stereocenters. The summed E-state index contributed by atoms with van der Waals surface area (Å²) in [5.41, 5.74) is 2.58. The predicted octanol–water partition coefficient (Wildman–Crippen LogP) is 4.13.